The molecule has 0 fully saturated rings. The molecule has 0 aliphatic rings. The molecule has 9 heteroatoms. The highest BCUT2D eigenvalue weighted by molar-refractivity contribution is 7.88. The molecule has 24 heavy (non-hydrogen) atoms. The number of thiol groups is 1. The van der Waals surface area contributed by atoms with Crippen molar-refractivity contribution in [3.05, 3.63) is 48.5 Å². The van der Waals surface area contributed by atoms with Gasteiger partial charge in [-0.1, -0.05) is 24.3 Å². The fourth-order valence-electron chi connectivity index (χ4n) is 2.09. The maximum Gasteiger partial charge on any atom is 0.447 e. The van der Waals surface area contributed by atoms with Gasteiger partial charge >= 0.3 is 19.7 Å². The van der Waals surface area contributed by atoms with Gasteiger partial charge in [-0.15, -0.1) is 0 Å². The fraction of sp³-hybridized carbons (Fsp3) is 0.0667. The molecular formula is C15H11N2O5PS. The zero-order valence-electron chi connectivity index (χ0n) is 12.2. The third-order valence-corrected chi connectivity index (χ3v) is 5.41. The van der Waals surface area contributed by atoms with Gasteiger partial charge in [0.05, 0.1) is 0 Å². The van der Waals surface area contributed by atoms with E-state index in [9.17, 15) is 4.57 Å². The van der Waals surface area contributed by atoms with E-state index >= 15 is 0 Å². The number of benzene rings is 2. The summed E-state index contributed by atoms with van der Waals surface area (Å²) in [5.41, 5.74) is 1.99. The number of aromatic nitrogens is 2. The summed E-state index contributed by atoms with van der Waals surface area (Å²) in [6, 6.07) is 14.2. The van der Waals surface area contributed by atoms with Crippen molar-refractivity contribution in [2.24, 2.45) is 0 Å². The van der Waals surface area contributed by atoms with E-state index in [1.807, 2.05) is 12.1 Å². The van der Waals surface area contributed by atoms with E-state index in [1.54, 1.807) is 36.4 Å². The highest BCUT2D eigenvalue weighted by atomic mass is 32.1. The Balaban J connectivity index is 1.61. The molecule has 2 aromatic carbocycles. The Bertz CT molecular complexity index is 914. The van der Waals surface area contributed by atoms with Crippen molar-refractivity contribution in [2.45, 2.75) is 0 Å². The van der Waals surface area contributed by atoms with Crippen LogP contribution in [0.5, 0.6) is 12.2 Å². The second kappa shape index (κ2) is 5.89. The fourth-order valence-corrected chi connectivity index (χ4v) is 3.23. The molecule has 0 aliphatic heterocycles. The predicted octanol–water partition coefficient (Wildman–Crippen LogP) is 4.51. The number of rotatable bonds is 5. The first-order valence-electron chi connectivity index (χ1n) is 6.95. The molecule has 2 aromatic heterocycles. The Kier molecular flexibility index (Phi) is 3.70. The molecule has 0 unspecified atom stereocenters. The Morgan fingerprint density at radius 2 is 1.33 bits per heavy atom. The van der Waals surface area contributed by atoms with Crippen LogP contribution in [0.1, 0.15) is 0 Å². The van der Waals surface area contributed by atoms with Crippen molar-refractivity contribution in [3.63, 3.8) is 0 Å². The summed E-state index contributed by atoms with van der Waals surface area (Å²) in [5, 5.41) is 0. The smallest absolute Gasteiger partial charge is 0.409 e. The van der Waals surface area contributed by atoms with E-state index in [4.69, 9.17) is 17.9 Å². The highest BCUT2D eigenvalue weighted by Crippen LogP contribution is 2.49. The Morgan fingerprint density at radius 3 is 1.75 bits per heavy atom. The largest absolute Gasteiger partial charge is 0.447 e. The zero-order chi connectivity index (χ0) is 16.6. The molecular weight excluding hydrogens is 351 g/mol. The molecule has 7 nitrogen and oxygen atoms in total. The Morgan fingerprint density at radius 1 is 0.875 bits per heavy atom. The molecule has 0 saturated heterocycles. The predicted molar refractivity (Wildman–Crippen MR) is 90.7 cm³/mol. The molecule has 0 N–H and O–H groups in total. The Labute approximate surface area is 141 Å². The van der Waals surface area contributed by atoms with E-state index < -0.39 is 7.60 Å². The Hall–Kier alpha value is -2.44. The van der Waals surface area contributed by atoms with Crippen LogP contribution in [0.25, 0.3) is 22.2 Å². The average molecular weight is 362 g/mol. The zero-order valence-corrected chi connectivity index (χ0v) is 13.9. The van der Waals surface area contributed by atoms with Crippen molar-refractivity contribution >= 4 is 42.4 Å². The molecule has 0 saturated carbocycles. The standard InChI is InChI=1S/C15H11N2O5PS/c18-23(9-24,21-14-16-10-5-1-3-7-12(10)19-14)22-15-17-11-6-2-4-8-13(11)20-15/h1-8,24H,9H2. The molecule has 0 atom stereocenters. The van der Waals surface area contributed by atoms with Gasteiger partial charge in [-0.05, 0) is 24.3 Å². The summed E-state index contributed by atoms with van der Waals surface area (Å²) in [6.45, 7) is 0. The topological polar surface area (TPSA) is 87.6 Å². The molecule has 0 radical (unpaired) electrons. The van der Waals surface area contributed by atoms with Gasteiger partial charge in [-0.25, -0.2) is 4.57 Å². The van der Waals surface area contributed by atoms with E-state index in [2.05, 4.69) is 22.6 Å². The van der Waals surface area contributed by atoms with Crippen LogP contribution in [0, 0.1) is 0 Å². The lowest BCUT2D eigenvalue weighted by Gasteiger charge is -2.12. The van der Waals surface area contributed by atoms with Crippen molar-refractivity contribution in [1.29, 1.82) is 0 Å². The summed E-state index contributed by atoms with van der Waals surface area (Å²) in [5.74, 6) is 0. The second-order valence-corrected chi connectivity index (χ2v) is 7.55. The van der Waals surface area contributed by atoms with E-state index in [0.717, 1.165) is 0 Å². The minimum absolute atomic E-state index is 0.162. The van der Waals surface area contributed by atoms with Gasteiger partial charge in [0.1, 0.15) is 16.5 Å². The third-order valence-electron chi connectivity index (χ3n) is 3.16. The number of para-hydroxylation sites is 4. The van der Waals surface area contributed by atoms with Gasteiger partial charge in [0.15, 0.2) is 11.2 Å². The molecule has 0 bridgehead atoms. The lowest BCUT2D eigenvalue weighted by atomic mass is 10.3. The first-order chi connectivity index (χ1) is 11.6. The van der Waals surface area contributed by atoms with Crippen LogP contribution < -0.4 is 9.05 Å². The quantitative estimate of drug-likeness (QED) is 0.413. The van der Waals surface area contributed by atoms with Gasteiger partial charge in [0.2, 0.25) is 0 Å². The van der Waals surface area contributed by atoms with E-state index in [0.29, 0.717) is 22.2 Å². The summed E-state index contributed by atoms with van der Waals surface area (Å²) >= 11 is 4.04. The van der Waals surface area contributed by atoms with Crippen LogP contribution in [0.3, 0.4) is 0 Å². The van der Waals surface area contributed by atoms with Gasteiger partial charge in [0, 0.05) is 0 Å². The number of nitrogens with zero attached hydrogens (tertiary/aromatic N) is 2. The molecule has 122 valence electrons. The molecule has 4 aromatic rings. The minimum Gasteiger partial charge on any atom is -0.409 e. The van der Waals surface area contributed by atoms with E-state index in [1.165, 1.54) is 0 Å². The maximum atomic E-state index is 12.8. The van der Waals surface area contributed by atoms with Crippen molar-refractivity contribution in [1.82, 2.24) is 9.97 Å². The lowest BCUT2D eigenvalue weighted by Crippen LogP contribution is -2.02. The van der Waals surface area contributed by atoms with Crippen LogP contribution in [0.2, 0.25) is 0 Å². The molecule has 4 rings (SSSR count). The van der Waals surface area contributed by atoms with Gasteiger partial charge in [0.25, 0.3) is 0 Å². The van der Waals surface area contributed by atoms with Crippen LogP contribution >= 0.6 is 20.2 Å². The molecule has 0 amide bonds. The summed E-state index contributed by atoms with van der Waals surface area (Å²) in [6.07, 6.45) is -0.325. The van der Waals surface area contributed by atoms with Gasteiger partial charge < -0.3 is 17.9 Å². The third kappa shape index (κ3) is 2.86. The van der Waals surface area contributed by atoms with Crippen LogP contribution in [0.15, 0.2) is 57.4 Å². The van der Waals surface area contributed by atoms with Crippen molar-refractivity contribution < 1.29 is 22.4 Å². The molecule has 0 aliphatic carbocycles. The minimum atomic E-state index is -3.70. The number of oxazole rings is 2. The first-order valence-corrected chi connectivity index (χ1v) is 9.31. The van der Waals surface area contributed by atoms with Crippen LogP contribution in [-0.2, 0) is 4.57 Å². The normalized spacial score (nSPS) is 11.9. The SMILES string of the molecule is O=P(CS)(Oc1nc2ccccc2o1)Oc1nc2ccccc2o1. The van der Waals surface area contributed by atoms with Crippen molar-refractivity contribution in [2.75, 3.05) is 5.49 Å². The maximum absolute atomic E-state index is 12.8. The molecule has 0 spiro atoms. The summed E-state index contributed by atoms with van der Waals surface area (Å²) < 4.78 is 34.2. The number of fused-ring (bicyclic) bond motifs is 2. The monoisotopic (exact) mass is 362 g/mol. The summed E-state index contributed by atoms with van der Waals surface area (Å²) in [4.78, 5) is 8.21. The van der Waals surface area contributed by atoms with Gasteiger partial charge in [-0.2, -0.15) is 22.6 Å². The number of hydrogen-bond donors (Lipinski definition) is 1. The highest BCUT2D eigenvalue weighted by Gasteiger charge is 2.31. The number of hydrogen-bond acceptors (Lipinski definition) is 8. The first kappa shape index (κ1) is 15.1. The van der Waals surface area contributed by atoms with Crippen LogP contribution in [0.4, 0.5) is 0 Å². The van der Waals surface area contributed by atoms with Gasteiger partial charge in [-0.3, -0.25) is 0 Å². The van der Waals surface area contributed by atoms with E-state index in [-0.39, 0.29) is 17.6 Å². The summed E-state index contributed by atoms with van der Waals surface area (Å²) in [7, 11) is -3.70. The van der Waals surface area contributed by atoms with Crippen LogP contribution in [-0.4, -0.2) is 15.5 Å². The average Bonchev–Trinajstić information content (AvgIpc) is 3.16. The lowest BCUT2D eigenvalue weighted by molar-refractivity contribution is 0.301. The van der Waals surface area contributed by atoms with Crippen molar-refractivity contribution in [3.8, 4) is 12.2 Å². The molecule has 2 heterocycles. The second-order valence-electron chi connectivity index (χ2n) is 4.83.